The van der Waals surface area contributed by atoms with Gasteiger partial charge in [0.05, 0.1) is 6.54 Å². The molecule has 2 rings (SSSR count). The Morgan fingerprint density at radius 2 is 1.80 bits per heavy atom. The second kappa shape index (κ2) is 8.46. The van der Waals surface area contributed by atoms with E-state index in [9.17, 15) is 9.59 Å². The van der Waals surface area contributed by atoms with Crippen molar-refractivity contribution in [3.63, 3.8) is 0 Å². The van der Waals surface area contributed by atoms with Gasteiger partial charge in [-0.15, -0.1) is 0 Å². The van der Waals surface area contributed by atoms with Crippen molar-refractivity contribution in [2.75, 3.05) is 11.9 Å². The number of benzene rings is 1. The summed E-state index contributed by atoms with van der Waals surface area (Å²) in [5.41, 5.74) is 2.33. The molecule has 25 heavy (non-hydrogen) atoms. The van der Waals surface area contributed by atoms with Gasteiger partial charge in [-0.3, -0.25) is 9.59 Å². The third-order valence-electron chi connectivity index (χ3n) is 4.06. The summed E-state index contributed by atoms with van der Waals surface area (Å²) in [5, 5.41) is 8.92. The average Bonchev–Trinajstić information content (AvgIpc) is 2.96. The van der Waals surface area contributed by atoms with Crippen LogP contribution in [0.1, 0.15) is 43.1 Å². The number of rotatable bonds is 7. The molecule has 0 saturated heterocycles. The van der Waals surface area contributed by atoms with E-state index in [1.807, 2.05) is 6.92 Å². The minimum absolute atomic E-state index is 0.0938. The zero-order chi connectivity index (χ0) is 18.4. The maximum absolute atomic E-state index is 12.2. The van der Waals surface area contributed by atoms with E-state index in [0.717, 1.165) is 5.56 Å². The molecule has 0 spiro atoms. The molecule has 0 aliphatic rings. The monoisotopic (exact) mass is 343 g/mol. The maximum Gasteiger partial charge on any atom is 0.245 e. The van der Waals surface area contributed by atoms with Crippen LogP contribution in [0.25, 0.3) is 0 Å². The lowest BCUT2D eigenvalue weighted by atomic mass is 9.85. The molecule has 0 aliphatic heterocycles. The number of hydrogen-bond donors (Lipinski definition) is 2. The number of aromatic nitrogens is 1. The summed E-state index contributed by atoms with van der Waals surface area (Å²) in [6.07, 6.45) is 0.344. The van der Waals surface area contributed by atoms with E-state index in [4.69, 9.17) is 4.52 Å². The predicted octanol–water partition coefficient (Wildman–Crippen LogP) is 3.18. The lowest BCUT2D eigenvalue weighted by Crippen LogP contribution is -2.34. The standard InChI is InChI=1S/C19H25N3O3/c1-12(2)16(15-7-5-13(3)6-8-15)10-18(23)20-11-19(24)21-17-9-14(4)25-22-17/h5-9,12,16H,10-11H2,1-4H3,(H,20,23)(H,21,22,24). The first-order valence-corrected chi connectivity index (χ1v) is 8.41. The van der Waals surface area contributed by atoms with Crippen molar-refractivity contribution in [1.82, 2.24) is 10.5 Å². The van der Waals surface area contributed by atoms with E-state index in [1.54, 1.807) is 13.0 Å². The Kier molecular flexibility index (Phi) is 6.33. The van der Waals surface area contributed by atoms with E-state index < -0.39 is 0 Å². The Balaban J connectivity index is 1.86. The third kappa shape index (κ3) is 5.74. The number of amides is 2. The highest BCUT2D eigenvalue weighted by molar-refractivity contribution is 5.93. The van der Waals surface area contributed by atoms with Gasteiger partial charge in [-0.2, -0.15) is 0 Å². The van der Waals surface area contributed by atoms with Gasteiger partial charge >= 0.3 is 0 Å². The first kappa shape index (κ1) is 18.7. The van der Waals surface area contributed by atoms with Crippen molar-refractivity contribution in [3.05, 3.63) is 47.2 Å². The van der Waals surface area contributed by atoms with Crippen molar-refractivity contribution in [3.8, 4) is 0 Å². The normalized spacial score (nSPS) is 12.0. The fourth-order valence-corrected chi connectivity index (χ4v) is 2.62. The summed E-state index contributed by atoms with van der Waals surface area (Å²) in [4.78, 5) is 24.1. The molecule has 0 aliphatic carbocycles. The van der Waals surface area contributed by atoms with E-state index in [0.29, 0.717) is 23.9 Å². The topological polar surface area (TPSA) is 84.2 Å². The number of nitrogens with zero attached hydrogens (tertiary/aromatic N) is 1. The highest BCUT2D eigenvalue weighted by atomic mass is 16.5. The Morgan fingerprint density at radius 1 is 1.12 bits per heavy atom. The molecule has 2 N–H and O–H groups in total. The summed E-state index contributed by atoms with van der Waals surface area (Å²) in [6, 6.07) is 9.84. The highest BCUT2D eigenvalue weighted by Crippen LogP contribution is 2.28. The van der Waals surface area contributed by atoms with Gasteiger partial charge < -0.3 is 15.2 Å². The van der Waals surface area contributed by atoms with Gasteiger partial charge in [0, 0.05) is 12.5 Å². The van der Waals surface area contributed by atoms with Gasteiger partial charge in [0.1, 0.15) is 5.76 Å². The molecule has 1 unspecified atom stereocenters. The molecule has 2 aromatic rings. The van der Waals surface area contributed by atoms with Crippen LogP contribution in [0, 0.1) is 19.8 Å². The smallest absolute Gasteiger partial charge is 0.245 e. The minimum Gasteiger partial charge on any atom is -0.360 e. The van der Waals surface area contributed by atoms with Crippen LogP contribution in [0.4, 0.5) is 5.82 Å². The number of hydrogen-bond acceptors (Lipinski definition) is 4. The molecule has 134 valence electrons. The molecule has 0 bridgehead atoms. The van der Waals surface area contributed by atoms with Crippen LogP contribution >= 0.6 is 0 Å². The zero-order valence-electron chi connectivity index (χ0n) is 15.1. The van der Waals surface area contributed by atoms with Gasteiger partial charge in [0.2, 0.25) is 11.8 Å². The van der Waals surface area contributed by atoms with Gasteiger partial charge in [-0.05, 0) is 31.2 Å². The van der Waals surface area contributed by atoms with E-state index in [-0.39, 0.29) is 24.3 Å². The van der Waals surface area contributed by atoms with Crippen molar-refractivity contribution in [1.29, 1.82) is 0 Å². The molecule has 1 aromatic heterocycles. The summed E-state index contributed by atoms with van der Waals surface area (Å²) in [7, 11) is 0. The second-order valence-electron chi connectivity index (χ2n) is 6.61. The molecule has 1 atom stereocenters. The molecule has 0 saturated carbocycles. The number of carbonyl (C=O) groups excluding carboxylic acids is 2. The van der Waals surface area contributed by atoms with Crippen LogP contribution in [0.3, 0.4) is 0 Å². The number of anilines is 1. The van der Waals surface area contributed by atoms with Crippen molar-refractivity contribution >= 4 is 17.6 Å². The molecular formula is C19H25N3O3. The quantitative estimate of drug-likeness (QED) is 0.809. The zero-order valence-corrected chi connectivity index (χ0v) is 15.1. The molecule has 1 heterocycles. The predicted molar refractivity (Wildman–Crippen MR) is 96.3 cm³/mol. The maximum atomic E-state index is 12.2. The highest BCUT2D eigenvalue weighted by Gasteiger charge is 2.20. The molecule has 6 nitrogen and oxygen atoms in total. The van der Waals surface area contributed by atoms with Crippen LogP contribution in [-0.4, -0.2) is 23.5 Å². The minimum atomic E-state index is -0.335. The van der Waals surface area contributed by atoms with E-state index in [1.165, 1.54) is 5.56 Å². The fourth-order valence-electron chi connectivity index (χ4n) is 2.62. The molecule has 2 amide bonds. The second-order valence-corrected chi connectivity index (χ2v) is 6.61. The first-order chi connectivity index (χ1) is 11.8. The Morgan fingerprint density at radius 3 is 2.36 bits per heavy atom. The lowest BCUT2D eigenvalue weighted by Gasteiger charge is -2.21. The Bertz CT molecular complexity index is 720. The summed E-state index contributed by atoms with van der Waals surface area (Å²) in [5.74, 6) is 0.903. The van der Waals surface area contributed by atoms with Crippen molar-refractivity contribution in [2.24, 2.45) is 5.92 Å². The van der Waals surface area contributed by atoms with Crippen LogP contribution in [-0.2, 0) is 9.59 Å². The Labute approximate surface area is 148 Å². The van der Waals surface area contributed by atoms with Gasteiger partial charge in [0.25, 0.3) is 0 Å². The molecule has 1 aromatic carbocycles. The fraction of sp³-hybridized carbons (Fsp3) is 0.421. The Hall–Kier alpha value is -2.63. The van der Waals surface area contributed by atoms with Crippen molar-refractivity contribution < 1.29 is 14.1 Å². The van der Waals surface area contributed by atoms with Crippen molar-refractivity contribution in [2.45, 2.75) is 40.0 Å². The summed E-state index contributed by atoms with van der Waals surface area (Å²) >= 11 is 0. The van der Waals surface area contributed by atoms with Crippen LogP contribution < -0.4 is 10.6 Å². The molecule has 6 heteroatoms. The average molecular weight is 343 g/mol. The van der Waals surface area contributed by atoms with Gasteiger partial charge in [0.15, 0.2) is 5.82 Å². The summed E-state index contributed by atoms with van der Waals surface area (Å²) in [6.45, 7) is 7.87. The molecular weight excluding hydrogens is 318 g/mol. The number of nitrogens with one attached hydrogen (secondary N) is 2. The van der Waals surface area contributed by atoms with Crippen LogP contribution in [0.15, 0.2) is 34.9 Å². The first-order valence-electron chi connectivity index (χ1n) is 8.41. The SMILES string of the molecule is Cc1ccc(C(CC(=O)NCC(=O)Nc2cc(C)on2)C(C)C)cc1. The lowest BCUT2D eigenvalue weighted by molar-refractivity contribution is -0.124. The van der Waals surface area contributed by atoms with Gasteiger partial charge in [-0.1, -0.05) is 48.8 Å². The third-order valence-corrected chi connectivity index (χ3v) is 4.06. The number of carbonyl (C=O) groups is 2. The van der Waals surface area contributed by atoms with Crippen LogP contribution in [0.5, 0.6) is 0 Å². The molecule has 0 radical (unpaired) electrons. The van der Waals surface area contributed by atoms with Crippen LogP contribution in [0.2, 0.25) is 0 Å². The van der Waals surface area contributed by atoms with Gasteiger partial charge in [-0.25, -0.2) is 0 Å². The number of aryl methyl sites for hydroxylation is 2. The van der Waals surface area contributed by atoms with E-state index in [2.05, 4.69) is 53.9 Å². The molecule has 0 fully saturated rings. The summed E-state index contributed by atoms with van der Waals surface area (Å²) < 4.78 is 4.88. The largest absolute Gasteiger partial charge is 0.360 e. The van der Waals surface area contributed by atoms with E-state index >= 15 is 0 Å².